The molecule has 25 heavy (non-hydrogen) atoms. The zero-order chi connectivity index (χ0) is 18.8. The van der Waals surface area contributed by atoms with Crippen molar-refractivity contribution in [1.82, 2.24) is 10.6 Å². The SMILES string of the molecule is CCCOc1cccc(C(=O)N[C@H](C(=O)NCCC(C)C)[C@@H](C)O)c1. The van der Waals surface area contributed by atoms with Gasteiger partial charge in [-0.2, -0.15) is 0 Å². The van der Waals surface area contributed by atoms with Crippen molar-refractivity contribution in [2.75, 3.05) is 13.2 Å². The second-order valence-electron chi connectivity index (χ2n) is 6.54. The second-order valence-corrected chi connectivity index (χ2v) is 6.54. The molecule has 6 heteroatoms. The summed E-state index contributed by atoms with van der Waals surface area (Å²) in [5.41, 5.74) is 0.384. The van der Waals surface area contributed by atoms with Crippen LogP contribution in [-0.2, 0) is 4.79 Å². The molecule has 0 spiro atoms. The van der Waals surface area contributed by atoms with Gasteiger partial charge in [0.15, 0.2) is 0 Å². The maximum Gasteiger partial charge on any atom is 0.252 e. The molecule has 0 heterocycles. The molecule has 0 aliphatic rings. The lowest BCUT2D eigenvalue weighted by Crippen LogP contribution is -2.52. The van der Waals surface area contributed by atoms with E-state index < -0.39 is 18.1 Å². The van der Waals surface area contributed by atoms with E-state index in [1.54, 1.807) is 24.3 Å². The summed E-state index contributed by atoms with van der Waals surface area (Å²) < 4.78 is 5.51. The molecular formula is C19H30N2O4. The van der Waals surface area contributed by atoms with E-state index in [1.165, 1.54) is 6.92 Å². The zero-order valence-electron chi connectivity index (χ0n) is 15.5. The molecule has 140 valence electrons. The molecule has 0 aliphatic carbocycles. The molecule has 2 amide bonds. The lowest BCUT2D eigenvalue weighted by atomic mass is 10.1. The van der Waals surface area contributed by atoms with Crippen LogP contribution in [0, 0.1) is 5.92 Å². The average Bonchev–Trinajstić information content (AvgIpc) is 2.57. The molecule has 0 bridgehead atoms. The van der Waals surface area contributed by atoms with E-state index in [2.05, 4.69) is 24.5 Å². The van der Waals surface area contributed by atoms with E-state index >= 15 is 0 Å². The Morgan fingerprint density at radius 3 is 2.56 bits per heavy atom. The Kier molecular flexibility index (Phi) is 8.99. The number of hydrogen-bond donors (Lipinski definition) is 3. The molecule has 1 aromatic rings. The minimum absolute atomic E-state index is 0.384. The summed E-state index contributed by atoms with van der Waals surface area (Å²) in [5, 5.41) is 15.2. The predicted molar refractivity (Wildman–Crippen MR) is 97.6 cm³/mol. The van der Waals surface area contributed by atoms with E-state index in [0.717, 1.165) is 12.8 Å². The first-order valence-electron chi connectivity index (χ1n) is 8.84. The summed E-state index contributed by atoms with van der Waals surface area (Å²) in [6.07, 6.45) is 0.711. The normalized spacial score (nSPS) is 13.2. The minimum Gasteiger partial charge on any atom is -0.494 e. The third-order valence-electron chi connectivity index (χ3n) is 3.64. The highest BCUT2D eigenvalue weighted by atomic mass is 16.5. The Balaban J connectivity index is 2.71. The fourth-order valence-electron chi connectivity index (χ4n) is 2.17. The van der Waals surface area contributed by atoms with Gasteiger partial charge in [0.25, 0.3) is 5.91 Å². The van der Waals surface area contributed by atoms with Crippen molar-refractivity contribution in [2.45, 2.75) is 52.7 Å². The molecule has 0 saturated carbocycles. The van der Waals surface area contributed by atoms with Crippen molar-refractivity contribution in [1.29, 1.82) is 0 Å². The minimum atomic E-state index is -1.00. The Morgan fingerprint density at radius 2 is 1.96 bits per heavy atom. The fourth-order valence-corrected chi connectivity index (χ4v) is 2.17. The van der Waals surface area contributed by atoms with Crippen LogP contribution < -0.4 is 15.4 Å². The van der Waals surface area contributed by atoms with Crippen molar-refractivity contribution < 1.29 is 19.4 Å². The van der Waals surface area contributed by atoms with E-state index in [0.29, 0.717) is 30.4 Å². The Morgan fingerprint density at radius 1 is 1.24 bits per heavy atom. The molecule has 2 atom stereocenters. The summed E-state index contributed by atoms with van der Waals surface area (Å²) in [5.74, 6) is 0.254. The smallest absolute Gasteiger partial charge is 0.252 e. The highest BCUT2D eigenvalue weighted by Gasteiger charge is 2.25. The van der Waals surface area contributed by atoms with Gasteiger partial charge in [-0.25, -0.2) is 0 Å². The monoisotopic (exact) mass is 350 g/mol. The fraction of sp³-hybridized carbons (Fsp3) is 0.579. The van der Waals surface area contributed by atoms with Gasteiger partial charge in [-0.15, -0.1) is 0 Å². The van der Waals surface area contributed by atoms with Gasteiger partial charge in [0.2, 0.25) is 5.91 Å². The van der Waals surface area contributed by atoms with Crippen molar-refractivity contribution in [3.05, 3.63) is 29.8 Å². The third kappa shape index (κ3) is 7.56. The van der Waals surface area contributed by atoms with E-state index in [9.17, 15) is 14.7 Å². The summed E-state index contributed by atoms with van der Waals surface area (Å²) in [4.78, 5) is 24.6. The molecule has 0 aromatic heterocycles. The van der Waals surface area contributed by atoms with Crippen LogP contribution in [0.3, 0.4) is 0 Å². The number of benzene rings is 1. The van der Waals surface area contributed by atoms with Gasteiger partial charge in [0, 0.05) is 12.1 Å². The van der Waals surface area contributed by atoms with Gasteiger partial charge in [-0.05, 0) is 43.9 Å². The average molecular weight is 350 g/mol. The number of amides is 2. The van der Waals surface area contributed by atoms with Crippen molar-refractivity contribution in [3.8, 4) is 5.75 Å². The van der Waals surface area contributed by atoms with Crippen LogP contribution >= 0.6 is 0 Å². The largest absolute Gasteiger partial charge is 0.494 e. The first-order chi connectivity index (χ1) is 11.8. The van der Waals surface area contributed by atoms with Gasteiger partial charge in [0.05, 0.1) is 12.7 Å². The molecule has 0 unspecified atom stereocenters. The van der Waals surface area contributed by atoms with Crippen molar-refractivity contribution in [3.63, 3.8) is 0 Å². The van der Waals surface area contributed by atoms with Crippen molar-refractivity contribution in [2.24, 2.45) is 5.92 Å². The number of carbonyl (C=O) groups is 2. The molecule has 1 rings (SSSR count). The van der Waals surface area contributed by atoms with Crippen LogP contribution in [-0.4, -0.2) is 42.2 Å². The molecule has 0 fully saturated rings. The summed E-state index contributed by atoms with van der Waals surface area (Å²) in [6, 6.07) is 5.77. The number of rotatable bonds is 10. The van der Waals surface area contributed by atoms with Gasteiger partial charge in [-0.3, -0.25) is 9.59 Å². The van der Waals surface area contributed by atoms with Gasteiger partial charge in [-0.1, -0.05) is 26.8 Å². The van der Waals surface area contributed by atoms with Crippen LogP contribution in [0.15, 0.2) is 24.3 Å². The van der Waals surface area contributed by atoms with Crippen LogP contribution in [0.1, 0.15) is 50.9 Å². The van der Waals surface area contributed by atoms with E-state index in [1.807, 2.05) is 6.92 Å². The van der Waals surface area contributed by atoms with Gasteiger partial charge >= 0.3 is 0 Å². The number of aliphatic hydroxyl groups is 1. The highest BCUT2D eigenvalue weighted by molar-refractivity contribution is 5.98. The Hall–Kier alpha value is -2.08. The molecule has 0 aliphatic heterocycles. The maximum atomic E-state index is 12.4. The number of ether oxygens (including phenoxy) is 1. The van der Waals surface area contributed by atoms with Crippen LogP contribution in [0.2, 0.25) is 0 Å². The molecular weight excluding hydrogens is 320 g/mol. The topological polar surface area (TPSA) is 87.7 Å². The van der Waals surface area contributed by atoms with Gasteiger partial charge in [0.1, 0.15) is 11.8 Å². The summed E-state index contributed by atoms with van der Waals surface area (Å²) >= 11 is 0. The number of aliphatic hydroxyl groups excluding tert-OH is 1. The second kappa shape index (κ2) is 10.7. The van der Waals surface area contributed by atoms with E-state index in [-0.39, 0.29) is 5.91 Å². The standard InChI is InChI=1S/C19H30N2O4/c1-5-11-25-16-8-6-7-15(12-16)18(23)21-17(14(4)22)19(24)20-10-9-13(2)3/h6-8,12-14,17,22H,5,9-11H2,1-4H3,(H,20,24)(H,21,23)/t14-,17+/m1/s1. The number of nitrogens with one attached hydrogen (secondary N) is 2. The Labute approximate surface area is 150 Å². The van der Waals surface area contributed by atoms with Crippen LogP contribution in [0.4, 0.5) is 0 Å². The first-order valence-corrected chi connectivity index (χ1v) is 8.84. The molecule has 6 nitrogen and oxygen atoms in total. The lowest BCUT2D eigenvalue weighted by molar-refractivity contribution is -0.125. The highest BCUT2D eigenvalue weighted by Crippen LogP contribution is 2.14. The summed E-state index contributed by atoms with van der Waals surface area (Å²) in [6.45, 7) is 8.69. The van der Waals surface area contributed by atoms with Gasteiger partial charge < -0.3 is 20.5 Å². The first kappa shape index (κ1) is 21.0. The molecule has 1 aromatic carbocycles. The lowest BCUT2D eigenvalue weighted by Gasteiger charge is -2.21. The Bertz CT molecular complexity index is 558. The van der Waals surface area contributed by atoms with Crippen LogP contribution in [0.25, 0.3) is 0 Å². The maximum absolute atomic E-state index is 12.4. The molecule has 3 N–H and O–H groups in total. The third-order valence-corrected chi connectivity index (χ3v) is 3.64. The quantitative estimate of drug-likeness (QED) is 0.603. The van der Waals surface area contributed by atoms with Crippen molar-refractivity contribution >= 4 is 11.8 Å². The zero-order valence-corrected chi connectivity index (χ0v) is 15.5. The molecule has 0 saturated heterocycles. The summed E-state index contributed by atoms with van der Waals surface area (Å²) in [7, 11) is 0. The number of carbonyl (C=O) groups excluding carboxylic acids is 2. The number of hydrogen-bond acceptors (Lipinski definition) is 4. The molecule has 0 radical (unpaired) electrons. The van der Waals surface area contributed by atoms with Crippen LogP contribution in [0.5, 0.6) is 5.75 Å². The van der Waals surface area contributed by atoms with E-state index in [4.69, 9.17) is 4.74 Å². The predicted octanol–water partition coefficient (Wildman–Crippen LogP) is 2.12.